The van der Waals surface area contributed by atoms with E-state index in [0.717, 1.165) is 80.5 Å². The van der Waals surface area contributed by atoms with Gasteiger partial charge in [-0.15, -0.1) is 0 Å². The fraction of sp³-hybridized carbons (Fsp3) is 0.841. The SMILES string of the molecule is CC/C=C\C/C=C\C/C=C\C/C=C\CCCCCCCCCCCCCCCCCCCCCCCCCCCCC(=O)OC1CCC2(C)C(=CCC3C2CCC2(C)C(C(C)CCCC(C)C)CCC32)C1. The van der Waals surface area contributed by atoms with Crippen molar-refractivity contribution in [2.24, 2.45) is 46.3 Å². The first kappa shape index (κ1) is 61.7. The van der Waals surface area contributed by atoms with Crippen molar-refractivity contribution in [2.75, 3.05) is 0 Å². The van der Waals surface area contributed by atoms with Gasteiger partial charge in [-0.1, -0.05) is 275 Å². The summed E-state index contributed by atoms with van der Waals surface area (Å²) in [6.07, 6.45) is 78.3. The van der Waals surface area contributed by atoms with Gasteiger partial charge in [0, 0.05) is 12.8 Å². The summed E-state index contributed by atoms with van der Waals surface area (Å²) in [6.45, 7) is 14.9. The standard InChI is InChI=1S/C69H120O2/c1-7-8-9-10-11-12-13-14-15-16-17-18-19-20-21-22-23-24-25-26-27-28-29-30-31-32-33-34-35-36-37-38-39-40-41-42-43-44-45-49-67(70)71-62-54-56-68(5)61(58-62)50-51-63-65-53-52-64(60(4)48-46-47-59(2)3)69(65,6)57-55-66(63)68/h8-9,11-12,14-15,17-18,50,59-60,62-66H,7,10,13,16,19-49,51-58H2,1-6H3/b9-8-,12-11-,15-14-,18-17-. The smallest absolute Gasteiger partial charge is 0.306 e. The second-order valence-electron chi connectivity index (χ2n) is 25.4. The van der Waals surface area contributed by atoms with Gasteiger partial charge in [-0.2, -0.15) is 0 Å². The molecule has 0 aliphatic heterocycles. The van der Waals surface area contributed by atoms with Crippen molar-refractivity contribution in [1.82, 2.24) is 0 Å². The van der Waals surface area contributed by atoms with Crippen LogP contribution in [-0.4, -0.2) is 12.1 Å². The zero-order chi connectivity index (χ0) is 50.7. The summed E-state index contributed by atoms with van der Waals surface area (Å²) >= 11 is 0. The maximum Gasteiger partial charge on any atom is 0.306 e. The summed E-state index contributed by atoms with van der Waals surface area (Å²) in [4.78, 5) is 13.0. The Balaban J connectivity index is 0.851. The van der Waals surface area contributed by atoms with E-state index in [-0.39, 0.29) is 12.1 Å². The molecule has 0 aromatic heterocycles. The minimum Gasteiger partial charge on any atom is -0.462 e. The molecular weight excluding hydrogens is 861 g/mol. The van der Waals surface area contributed by atoms with E-state index in [1.165, 1.54) is 225 Å². The third-order valence-electron chi connectivity index (χ3n) is 19.3. The summed E-state index contributed by atoms with van der Waals surface area (Å²) in [5.41, 5.74) is 2.53. The van der Waals surface area contributed by atoms with Gasteiger partial charge in [0.2, 0.25) is 0 Å². The highest BCUT2D eigenvalue weighted by atomic mass is 16.5. The maximum absolute atomic E-state index is 13.0. The second-order valence-corrected chi connectivity index (χ2v) is 25.4. The van der Waals surface area contributed by atoms with Crippen molar-refractivity contribution >= 4 is 5.97 Å². The Morgan fingerprint density at radius 3 is 1.54 bits per heavy atom. The van der Waals surface area contributed by atoms with Crippen molar-refractivity contribution in [3.63, 3.8) is 0 Å². The van der Waals surface area contributed by atoms with Gasteiger partial charge in [0.25, 0.3) is 0 Å². The van der Waals surface area contributed by atoms with E-state index in [2.05, 4.69) is 96.2 Å². The predicted octanol–water partition coefficient (Wildman–Crippen LogP) is 22.7. The van der Waals surface area contributed by atoms with E-state index in [0.29, 0.717) is 17.3 Å². The average Bonchev–Trinajstić information content (AvgIpc) is 3.72. The van der Waals surface area contributed by atoms with Gasteiger partial charge in [-0.25, -0.2) is 0 Å². The molecule has 408 valence electrons. The molecule has 8 unspecified atom stereocenters. The number of rotatable bonds is 42. The summed E-state index contributed by atoms with van der Waals surface area (Å²) in [5, 5.41) is 0. The molecule has 3 saturated carbocycles. The molecule has 4 rings (SSSR count). The minimum absolute atomic E-state index is 0.0683. The number of unbranched alkanes of at least 4 members (excludes halogenated alkanes) is 26. The Morgan fingerprint density at radius 1 is 0.549 bits per heavy atom. The topological polar surface area (TPSA) is 26.3 Å². The lowest BCUT2D eigenvalue weighted by Gasteiger charge is -2.58. The van der Waals surface area contributed by atoms with Gasteiger partial charge in [-0.3, -0.25) is 4.79 Å². The van der Waals surface area contributed by atoms with Crippen LogP contribution in [-0.2, 0) is 9.53 Å². The van der Waals surface area contributed by atoms with E-state index in [1.807, 2.05) is 0 Å². The van der Waals surface area contributed by atoms with Gasteiger partial charge in [0.05, 0.1) is 0 Å². The van der Waals surface area contributed by atoms with Crippen molar-refractivity contribution in [1.29, 1.82) is 0 Å². The van der Waals surface area contributed by atoms with Crippen LogP contribution in [0.4, 0.5) is 0 Å². The van der Waals surface area contributed by atoms with Crippen molar-refractivity contribution in [2.45, 2.75) is 324 Å². The zero-order valence-electron chi connectivity index (χ0n) is 48.5. The summed E-state index contributed by atoms with van der Waals surface area (Å²) < 4.78 is 6.19. The highest BCUT2D eigenvalue weighted by Gasteiger charge is 2.59. The Hall–Kier alpha value is -1.83. The monoisotopic (exact) mass is 981 g/mol. The lowest BCUT2D eigenvalue weighted by molar-refractivity contribution is -0.151. The summed E-state index contributed by atoms with van der Waals surface area (Å²) in [5.74, 6) is 5.32. The summed E-state index contributed by atoms with van der Waals surface area (Å²) in [7, 11) is 0. The number of allylic oxidation sites excluding steroid dienone is 9. The molecule has 8 atom stereocenters. The van der Waals surface area contributed by atoms with Crippen molar-refractivity contribution in [3.05, 3.63) is 60.3 Å². The van der Waals surface area contributed by atoms with Crippen LogP contribution in [0.5, 0.6) is 0 Å². The Bertz CT molecular complexity index is 1490. The molecule has 3 fully saturated rings. The molecule has 4 aliphatic carbocycles. The number of carbonyl (C=O) groups excluding carboxylic acids is 1. The highest BCUT2D eigenvalue weighted by molar-refractivity contribution is 5.69. The van der Waals surface area contributed by atoms with Crippen LogP contribution in [0, 0.1) is 46.3 Å². The first-order chi connectivity index (χ1) is 34.7. The number of ether oxygens (including phenoxy) is 1. The number of hydrogen-bond donors (Lipinski definition) is 0. The fourth-order valence-electron chi connectivity index (χ4n) is 14.9. The molecule has 0 N–H and O–H groups in total. The number of fused-ring (bicyclic) bond motifs is 5. The largest absolute Gasteiger partial charge is 0.462 e. The van der Waals surface area contributed by atoms with E-state index in [9.17, 15) is 4.79 Å². The van der Waals surface area contributed by atoms with E-state index in [4.69, 9.17) is 4.74 Å². The molecule has 0 saturated heterocycles. The summed E-state index contributed by atoms with van der Waals surface area (Å²) in [6, 6.07) is 0. The molecule has 0 amide bonds. The van der Waals surface area contributed by atoms with Gasteiger partial charge in [0.1, 0.15) is 6.10 Å². The van der Waals surface area contributed by atoms with E-state index in [1.54, 1.807) is 5.57 Å². The predicted molar refractivity (Wildman–Crippen MR) is 313 cm³/mol. The highest BCUT2D eigenvalue weighted by Crippen LogP contribution is 2.67. The molecule has 0 bridgehead atoms. The van der Waals surface area contributed by atoms with Crippen molar-refractivity contribution in [3.8, 4) is 0 Å². The second kappa shape index (κ2) is 37.8. The normalized spacial score (nSPS) is 26.0. The molecule has 0 heterocycles. The lowest BCUT2D eigenvalue weighted by atomic mass is 9.47. The van der Waals surface area contributed by atoms with Crippen LogP contribution in [0.3, 0.4) is 0 Å². The van der Waals surface area contributed by atoms with Gasteiger partial charge < -0.3 is 4.74 Å². The van der Waals surface area contributed by atoms with Crippen LogP contribution in [0.25, 0.3) is 0 Å². The lowest BCUT2D eigenvalue weighted by Crippen LogP contribution is -2.51. The van der Waals surface area contributed by atoms with Gasteiger partial charge >= 0.3 is 5.97 Å². The molecule has 0 radical (unpaired) electrons. The molecule has 0 aromatic rings. The van der Waals surface area contributed by atoms with E-state index >= 15 is 0 Å². The van der Waals surface area contributed by atoms with Crippen LogP contribution >= 0.6 is 0 Å². The number of carbonyl (C=O) groups is 1. The third kappa shape index (κ3) is 24.2. The number of hydrogen-bond acceptors (Lipinski definition) is 2. The van der Waals surface area contributed by atoms with Crippen LogP contribution in [0.1, 0.15) is 318 Å². The quantitative estimate of drug-likeness (QED) is 0.0346. The Morgan fingerprint density at radius 2 is 1.03 bits per heavy atom. The van der Waals surface area contributed by atoms with Gasteiger partial charge in [-0.05, 0) is 136 Å². The molecule has 0 aromatic carbocycles. The molecule has 71 heavy (non-hydrogen) atoms. The van der Waals surface area contributed by atoms with Gasteiger partial charge in [0.15, 0.2) is 0 Å². The maximum atomic E-state index is 13.0. The molecule has 4 aliphatic rings. The van der Waals surface area contributed by atoms with Crippen molar-refractivity contribution < 1.29 is 9.53 Å². The first-order valence-electron chi connectivity index (χ1n) is 32.2. The Labute approximate surface area is 443 Å². The fourth-order valence-corrected chi connectivity index (χ4v) is 14.9. The van der Waals surface area contributed by atoms with Crippen LogP contribution in [0.15, 0.2) is 60.3 Å². The minimum atomic E-state index is 0.0683. The average molecular weight is 982 g/mol. The van der Waals surface area contributed by atoms with E-state index < -0.39 is 0 Å². The van der Waals surface area contributed by atoms with Crippen LogP contribution < -0.4 is 0 Å². The molecule has 2 heteroatoms. The zero-order valence-corrected chi connectivity index (χ0v) is 48.5. The van der Waals surface area contributed by atoms with Crippen LogP contribution in [0.2, 0.25) is 0 Å². The first-order valence-corrected chi connectivity index (χ1v) is 32.2. The third-order valence-corrected chi connectivity index (χ3v) is 19.3. The molecule has 2 nitrogen and oxygen atoms in total. The Kier molecular flexibility index (Phi) is 32.9. The number of esters is 1. The molecule has 0 spiro atoms. The molecular formula is C69H120O2.